The molecule has 0 saturated heterocycles. The molecule has 0 saturated carbocycles. The summed E-state index contributed by atoms with van der Waals surface area (Å²) in [4.78, 5) is 10.9. The maximum absolute atomic E-state index is 10.9. The van der Waals surface area contributed by atoms with Gasteiger partial charge in [0.25, 0.3) is 5.91 Å². The van der Waals surface area contributed by atoms with Crippen molar-refractivity contribution in [2.75, 3.05) is 0 Å². The maximum Gasteiger partial charge on any atom is 0.252 e. The molecule has 0 bridgehead atoms. The van der Waals surface area contributed by atoms with E-state index < -0.39 is 5.91 Å². The second-order valence-corrected chi connectivity index (χ2v) is 3.09. The van der Waals surface area contributed by atoms with Crippen LogP contribution in [-0.4, -0.2) is 5.91 Å². The predicted octanol–water partition coefficient (Wildman–Crippen LogP) is 2.19. The lowest BCUT2D eigenvalue weighted by molar-refractivity contribution is 0.100. The van der Waals surface area contributed by atoms with Crippen molar-refractivity contribution in [3.05, 3.63) is 35.0 Å². The van der Waals surface area contributed by atoms with E-state index in [-0.39, 0.29) is 0 Å². The van der Waals surface area contributed by atoms with Crippen LogP contribution in [0, 0.1) is 0 Å². The minimum Gasteiger partial charge on any atom is -0.463 e. The van der Waals surface area contributed by atoms with Crippen LogP contribution in [0.5, 0.6) is 0 Å². The van der Waals surface area contributed by atoms with Crippen LogP contribution in [0.4, 0.5) is 0 Å². The normalized spacial score (nSPS) is 10.5. The molecule has 0 unspecified atom stereocenters. The van der Waals surface area contributed by atoms with Crippen molar-refractivity contribution >= 4 is 28.5 Å². The monoisotopic (exact) mass is 195 g/mol. The van der Waals surface area contributed by atoms with Crippen molar-refractivity contribution in [1.29, 1.82) is 0 Å². The number of rotatable bonds is 1. The van der Waals surface area contributed by atoms with Crippen molar-refractivity contribution in [2.45, 2.75) is 0 Å². The van der Waals surface area contributed by atoms with E-state index in [2.05, 4.69) is 0 Å². The number of hydrogen-bond donors (Lipinski definition) is 1. The highest BCUT2D eigenvalue weighted by atomic mass is 35.5. The van der Waals surface area contributed by atoms with Crippen LogP contribution in [0.1, 0.15) is 10.4 Å². The number of hydrogen-bond acceptors (Lipinski definition) is 2. The van der Waals surface area contributed by atoms with Gasteiger partial charge in [0.2, 0.25) is 0 Å². The molecule has 13 heavy (non-hydrogen) atoms. The molecule has 0 aliphatic heterocycles. The molecule has 0 atom stereocenters. The number of amides is 1. The SMILES string of the molecule is NC(=O)c1coc2cc(Cl)ccc12. The van der Waals surface area contributed by atoms with Gasteiger partial charge in [0.1, 0.15) is 11.8 Å². The summed E-state index contributed by atoms with van der Waals surface area (Å²) in [6.45, 7) is 0. The van der Waals surface area contributed by atoms with E-state index in [4.69, 9.17) is 21.8 Å². The number of nitrogens with two attached hydrogens (primary N) is 1. The highest BCUT2D eigenvalue weighted by Gasteiger charge is 2.09. The van der Waals surface area contributed by atoms with Gasteiger partial charge < -0.3 is 10.2 Å². The van der Waals surface area contributed by atoms with Gasteiger partial charge in [0.05, 0.1) is 5.56 Å². The summed E-state index contributed by atoms with van der Waals surface area (Å²) in [6, 6.07) is 5.04. The van der Waals surface area contributed by atoms with Crippen LogP contribution >= 0.6 is 11.6 Å². The lowest BCUT2D eigenvalue weighted by atomic mass is 10.2. The number of furan rings is 1. The van der Waals surface area contributed by atoms with Gasteiger partial charge in [-0.25, -0.2) is 0 Å². The molecule has 2 aromatic rings. The average Bonchev–Trinajstić information content (AvgIpc) is 2.46. The number of primary amides is 1. The molecule has 66 valence electrons. The van der Waals surface area contributed by atoms with Gasteiger partial charge in [-0.15, -0.1) is 0 Å². The molecule has 2 N–H and O–H groups in total. The zero-order valence-corrected chi connectivity index (χ0v) is 7.34. The van der Waals surface area contributed by atoms with E-state index in [9.17, 15) is 4.79 Å². The average molecular weight is 196 g/mol. The van der Waals surface area contributed by atoms with Crippen LogP contribution in [-0.2, 0) is 0 Å². The molecular weight excluding hydrogens is 190 g/mol. The Labute approximate surface area is 79.1 Å². The third kappa shape index (κ3) is 1.27. The predicted molar refractivity (Wildman–Crippen MR) is 49.7 cm³/mol. The zero-order valence-electron chi connectivity index (χ0n) is 6.58. The first kappa shape index (κ1) is 8.13. The molecule has 3 nitrogen and oxygen atoms in total. The van der Waals surface area contributed by atoms with E-state index in [1.54, 1.807) is 18.2 Å². The second-order valence-electron chi connectivity index (χ2n) is 2.65. The fourth-order valence-electron chi connectivity index (χ4n) is 1.19. The van der Waals surface area contributed by atoms with Crippen LogP contribution in [0.25, 0.3) is 11.0 Å². The van der Waals surface area contributed by atoms with Crippen molar-refractivity contribution in [2.24, 2.45) is 5.73 Å². The molecule has 1 heterocycles. The minimum atomic E-state index is -0.499. The van der Waals surface area contributed by atoms with Crippen molar-refractivity contribution in [3.8, 4) is 0 Å². The lowest BCUT2D eigenvalue weighted by Gasteiger charge is -1.91. The summed E-state index contributed by atoms with van der Waals surface area (Å²) in [5.74, 6) is -0.499. The topological polar surface area (TPSA) is 56.2 Å². The van der Waals surface area contributed by atoms with Crippen molar-refractivity contribution < 1.29 is 9.21 Å². The minimum absolute atomic E-state index is 0.381. The highest BCUT2D eigenvalue weighted by Crippen LogP contribution is 2.23. The maximum atomic E-state index is 10.9. The molecule has 1 aromatic heterocycles. The first-order valence-corrected chi connectivity index (χ1v) is 4.03. The third-order valence-electron chi connectivity index (χ3n) is 1.80. The van der Waals surface area contributed by atoms with Gasteiger partial charge in [-0.05, 0) is 12.1 Å². The summed E-state index contributed by atoms with van der Waals surface area (Å²) >= 11 is 5.73. The van der Waals surface area contributed by atoms with Gasteiger partial charge in [-0.1, -0.05) is 11.6 Å². The molecule has 0 radical (unpaired) electrons. The Morgan fingerprint density at radius 1 is 1.46 bits per heavy atom. The molecular formula is C9H6ClNO2. The number of fused-ring (bicyclic) bond motifs is 1. The van der Waals surface area contributed by atoms with Crippen LogP contribution in [0.15, 0.2) is 28.9 Å². The van der Waals surface area contributed by atoms with E-state index in [1.165, 1.54) is 6.26 Å². The third-order valence-corrected chi connectivity index (χ3v) is 2.04. The molecule has 0 spiro atoms. The summed E-state index contributed by atoms with van der Waals surface area (Å²) in [6.07, 6.45) is 1.34. The van der Waals surface area contributed by atoms with Crippen LogP contribution < -0.4 is 5.73 Å². The number of carbonyl (C=O) groups excluding carboxylic acids is 1. The Morgan fingerprint density at radius 3 is 2.92 bits per heavy atom. The second kappa shape index (κ2) is 2.78. The van der Waals surface area contributed by atoms with E-state index in [0.29, 0.717) is 21.6 Å². The first-order chi connectivity index (χ1) is 6.18. The summed E-state index contributed by atoms with van der Waals surface area (Å²) in [5.41, 5.74) is 6.08. The molecule has 2 rings (SSSR count). The van der Waals surface area contributed by atoms with E-state index in [0.717, 1.165) is 0 Å². The largest absolute Gasteiger partial charge is 0.463 e. The fourth-order valence-corrected chi connectivity index (χ4v) is 1.35. The quantitative estimate of drug-likeness (QED) is 0.758. The Morgan fingerprint density at radius 2 is 2.23 bits per heavy atom. The molecule has 0 aliphatic carbocycles. The summed E-state index contributed by atoms with van der Waals surface area (Å²) in [5, 5.41) is 1.26. The van der Waals surface area contributed by atoms with Crippen LogP contribution in [0.2, 0.25) is 5.02 Å². The van der Waals surface area contributed by atoms with Gasteiger partial charge >= 0.3 is 0 Å². The van der Waals surface area contributed by atoms with Crippen LogP contribution in [0.3, 0.4) is 0 Å². The van der Waals surface area contributed by atoms with Gasteiger partial charge in [-0.3, -0.25) is 4.79 Å². The lowest BCUT2D eigenvalue weighted by Crippen LogP contribution is -2.09. The van der Waals surface area contributed by atoms with E-state index in [1.807, 2.05) is 0 Å². The van der Waals surface area contributed by atoms with Crippen molar-refractivity contribution in [1.82, 2.24) is 0 Å². The summed E-state index contributed by atoms with van der Waals surface area (Å²) < 4.78 is 5.11. The van der Waals surface area contributed by atoms with Gasteiger partial charge in [0, 0.05) is 16.5 Å². The first-order valence-electron chi connectivity index (χ1n) is 3.65. The molecule has 0 fully saturated rings. The molecule has 4 heteroatoms. The standard InChI is InChI=1S/C9H6ClNO2/c10-5-1-2-6-7(9(11)12)4-13-8(6)3-5/h1-4H,(H2,11,12). The Bertz CT molecular complexity index is 475. The number of benzene rings is 1. The summed E-state index contributed by atoms with van der Waals surface area (Å²) in [7, 11) is 0. The smallest absolute Gasteiger partial charge is 0.252 e. The Balaban J connectivity index is 2.76. The molecule has 1 aromatic carbocycles. The Kier molecular flexibility index (Phi) is 1.74. The molecule has 0 aliphatic rings. The van der Waals surface area contributed by atoms with Gasteiger partial charge in [-0.2, -0.15) is 0 Å². The highest BCUT2D eigenvalue weighted by molar-refractivity contribution is 6.31. The van der Waals surface area contributed by atoms with E-state index >= 15 is 0 Å². The van der Waals surface area contributed by atoms with Crippen molar-refractivity contribution in [3.63, 3.8) is 0 Å². The molecule has 1 amide bonds. The fraction of sp³-hybridized carbons (Fsp3) is 0. The Hall–Kier alpha value is -1.48. The number of halogens is 1. The number of carbonyl (C=O) groups is 1. The zero-order chi connectivity index (χ0) is 9.42. The van der Waals surface area contributed by atoms with Gasteiger partial charge in [0.15, 0.2) is 0 Å².